The second-order valence-electron chi connectivity index (χ2n) is 4.15. The van der Waals surface area contributed by atoms with Crippen molar-refractivity contribution >= 4 is 5.78 Å². The van der Waals surface area contributed by atoms with Gasteiger partial charge in [-0.15, -0.1) is 0 Å². The zero-order chi connectivity index (χ0) is 10.8. The lowest BCUT2D eigenvalue weighted by Gasteiger charge is -2.07. The van der Waals surface area contributed by atoms with Crippen LogP contribution >= 0.6 is 0 Å². The predicted octanol–water partition coefficient (Wildman–Crippen LogP) is 2.58. The van der Waals surface area contributed by atoms with E-state index in [-0.39, 0.29) is 11.7 Å². The predicted molar refractivity (Wildman–Crippen MR) is 57.3 cm³/mol. The Morgan fingerprint density at radius 3 is 2.47 bits per heavy atom. The van der Waals surface area contributed by atoms with E-state index in [0.717, 1.165) is 24.0 Å². The van der Waals surface area contributed by atoms with Crippen LogP contribution < -0.4 is 0 Å². The first-order chi connectivity index (χ1) is 7.22. The number of benzene rings is 1. The topological polar surface area (TPSA) is 40.9 Å². The van der Waals surface area contributed by atoms with Gasteiger partial charge in [0.05, 0.1) is 6.07 Å². The molecule has 0 aromatic heterocycles. The number of aryl methyl sites for hydroxylation is 1. The minimum Gasteiger partial charge on any atom is -0.298 e. The van der Waals surface area contributed by atoms with Crippen molar-refractivity contribution < 1.29 is 4.79 Å². The minimum atomic E-state index is -0.557. The molecule has 1 aliphatic rings. The van der Waals surface area contributed by atoms with Gasteiger partial charge in [-0.05, 0) is 25.3 Å². The number of hydrogen-bond acceptors (Lipinski definition) is 2. The molecule has 2 heteroatoms. The molecule has 1 aromatic rings. The van der Waals surface area contributed by atoms with Crippen LogP contribution in [-0.4, -0.2) is 5.78 Å². The zero-order valence-corrected chi connectivity index (χ0v) is 8.73. The number of nitrogens with zero attached hydrogens (tertiary/aromatic N) is 1. The first kappa shape index (κ1) is 9.92. The third kappa shape index (κ3) is 2.07. The van der Waals surface area contributed by atoms with Crippen molar-refractivity contribution in [2.75, 3.05) is 0 Å². The quantitative estimate of drug-likeness (QED) is 0.750. The molecular formula is C13H13NO. The number of Topliss-reactive ketones (excluding diaryl/α,β-unsaturated/α-hetero) is 1. The molecule has 0 unspecified atom stereocenters. The summed E-state index contributed by atoms with van der Waals surface area (Å²) in [5, 5.41) is 9.03. The highest BCUT2D eigenvalue weighted by atomic mass is 16.1. The monoisotopic (exact) mass is 199 g/mol. The summed E-state index contributed by atoms with van der Waals surface area (Å²) in [6.07, 6.45) is 1.92. The number of rotatable bonds is 3. The van der Waals surface area contributed by atoms with Crippen LogP contribution in [0.5, 0.6) is 0 Å². The van der Waals surface area contributed by atoms with Crippen LogP contribution in [0.2, 0.25) is 0 Å². The van der Waals surface area contributed by atoms with Gasteiger partial charge in [-0.3, -0.25) is 4.79 Å². The highest BCUT2D eigenvalue weighted by Gasteiger charge is 2.35. The lowest BCUT2D eigenvalue weighted by atomic mass is 9.93. The van der Waals surface area contributed by atoms with E-state index in [0.29, 0.717) is 0 Å². The number of carbonyl (C=O) groups is 1. The Labute approximate surface area is 89.5 Å². The molecule has 0 radical (unpaired) electrons. The molecule has 1 aromatic carbocycles. The smallest absolute Gasteiger partial charge is 0.157 e. The van der Waals surface area contributed by atoms with Gasteiger partial charge < -0.3 is 0 Å². The third-order valence-corrected chi connectivity index (χ3v) is 2.80. The fourth-order valence-corrected chi connectivity index (χ4v) is 1.66. The maximum Gasteiger partial charge on any atom is 0.157 e. The van der Waals surface area contributed by atoms with Crippen LogP contribution in [-0.2, 0) is 4.79 Å². The van der Waals surface area contributed by atoms with Crippen LogP contribution in [0.1, 0.15) is 29.9 Å². The van der Waals surface area contributed by atoms with Gasteiger partial charge in [0.2, 0.25) is 0 Å². The molecule has 1 aliphatic carbocycles. The summed E-state index contributed by atoms with van der Waals surface area (Å²) in [4.78, 5) is 11.8. The standard InChI is InChI=1S/C13H13NO/c1-9-2-4-10(5-3-9)12(8-14)13(15)11-6-7-11/h2-5,11-12H,6-7H2,1H3/t12-/m1/s1. The number of nitriles is 1. The Kier molecular flexibility index (Phi) is 2.55. The minimum absolute atomic E-state index is 0.0985. The van der Waals surface area contributed by atoms with Gasteiger partial charge >= 0.3 is 0 Å². The Morgan fingerprint density at radius 1 is 1.40 bits per heavy atom. The normalized spacial score (nSPS) is 16.8. The Bertz CT molecular complexity index is 409. The number of carbonyl (C=O) groups excluding carboxylic acids is 1. The molecule has 76 valence electrons. The summed E-state index contributed by atoms with van der Waals surface area (Å²) in [7, 11) is 0. The van der Waals surface area contributed by atoms with Gasteiger partial charge in [-0.2, -0.15) is 5.26 Å². The first-order valence-corrected chi connectivity index (χ1v) is 5.22. The van der Waals surface area contributed by atoms with Crippen molar-refractivity contribution in [3.63, 3.8) is 0 Å². The molecule has 2 nitrogen and oxygen atoms in total. The summed E-state index contributed by atoms with van der Waals surface area (Å²) in [5.74, 6) is -0.310. The molecule has 1 atom stereocenters. The lowest BCUT2D eigenvalue weighted by Crippen LogP contribution is -2.12. The van der Waals surface area contributed by atoms with Crippen LogP contribution in [0, 0.1) is 24.2 Å². The second kappa shape index (κ2) is 3.86. The second-order valence-corrected chi connectivity index (χ2v) is 4.15. The summed E-state index contributed by atoms with van der Waals surface area (Å²) >= 11 is 0. The maximum absolute atomic E-state index is 11.8. The van der Waals surface area contributed by atoms with E-state index in [1.165, 1.54) is 0 Å². The van der Waals surface area contributed by atoms with Crippen molar-refractivity contribution in [1.29, 1.82) is 5.26 Å². The third-order valence-electron chi connectivity index (χ3n) is 2.80. The molecule has 0 bridgehead atoms. The van der Waals surface area contributed by atoms with Crippen molar-refractivity contribution in [1.82, 2.24) is 0 Å². The molecule has 15 heavy (non-hydrogen) atoms. The van der Waals surface area contributed by atoms with Crippen molar-refractivity contribution in [2.24, 2.45) is 5.92 Å². The van der Waals surface area contributed by atoms with Crippen LogP contribution in [0.4, 0.5) is 0 Å². The van der Waals surface area contributed by atoms with Gasteiger partial charge in [-0.1, -0.05) is 29.8 Å². The largest absolute Gasteiger partial charge is 0.298 e. The first-order valence-electron chi connectivity index (χ1n) is 5.22. The molecule has 1 fully saturated rings. The van der Waals surface area contributed by atoms with Crippen LogP contribution in [0.25, 0.3) is 0 Å². The van der Waals surface area contributed by atoms with Gasteiger partial charge in [-0.25, -0.2) is 0 Å². The Hall–Kier alpha value is -1.62. The van der Waals surface area contributed by atoms with E-state index >= 15 is 0 Å². The maximum atomic E-state index is 11.8. The zero-order valence-electron chi connectivity index (χ0n) is 8.73. The highest BCUT2D eigenvalue weighted by molar-refractivity contribution is 5.92. The fraction of sp³-hybridized carbons (Fsp3) is 0.385. The van der Waals surface area contributed by atoms with E-state index < -0.39 is 5.92 Å². The van der Waals surface area contributed by atoms with Crippen molar-refractivity contribution in [3.05, 3.63) is 35.4 Å². The van der Waals surface area contributed by atoms with Gasteiger partial charge in [0.25, 0.3) is 0 Å². The van der Waals surface area contributed by atoms with Crippen LogP contribution in [0.3, 0.4) is 0 Å². The van der Waals surface area contributed by atoms with Crippen molar-refractivity contribution in [3.8, 4) is 6.07 Å². The van der Waals surface area contributed by atoms with E-state index in [4.69, 9.17) is 5.26 Å². The number of ketones is 1. The van der Waals surface area contributed by atoms with Crippen molar-refractivity contribution in [2.45, 2.75) is 25.7 Å². The molecule has 0 spiro atoms. The number of hydrogen-bond donors (Lipinski definition) is 0. The lowest BCUT2D eigenvalue weighted by molar-refractivity contribution is -0.120. The van der Waals surface area contributed by atoms with E-state index in [1.807, 2.05) is 31.2 Å². The summed E-state index contributed by atoms with van der Waals surface area (Å²) in [6, 6.07) is 9.75. The summed E-state index contributed by atoms with van der Waals surface area (Å²) in [5.41, 5.74) is 1.98. The van der Waals surface area contributed by atoms with E-state index in [1.54, 1.807) is 0 Å². The highest BCUT2D eigenvalue weighted by Crippen LogP contribution is 2.35. The molecule has 0 amide bonds. The fourth-order valence-electron chi connectivity index (χ4n) is 1.66. The Balaban J connectivity index is 2.23. The molecular weight excluding hydrogens is 186 g/mol. The summed E-state index contributed by atoms with van der Waals surface area (Å²) in [6.45, 7) is 1.99. The average molecular weight is 199 g/mol. The SMILES string of the molecule is Cc1ccc([C@@H](C#N)C(=O)C2CC2)cc1. The van der Waals surface area contributed by atoms with Crippen LogP contribution in [0.15, 0.2) is 24.3 Å². The van der Waals surface area contributed by atoms with E-state index in [9.17, 15) is 4.79 Å². The molecule has 0 heterocycles. The molecule has 0 saturated heterocycles. The average Bonchev–Trinajstić information content (AvgIpc) is 3.05. The Morgan fingerprint density at radius 2 is 2.00 bits per heavy atom. The molecule has 0 N–H and O–H groups in total. The van der Waals surface area contributed by atoms with E-state index in [2.05, 4.69) is 6.07 Å². The summed E-state index contributed by atoms with van der Waals surface area (Å²) < 4.78 is 0. The van der Waals surface area contributed by atoms with Gasteiger partial charge in [0.15, 0.2) is 5.78 Å². The molecule has 0 aliphatic heterocycles. The molecule has 1 saturated carbocycles. The molecule has 2 rings (SSSR count). The van der Waals surface area contributed by atoms with Gasteiger partial charge in [0, 0.05) is 5.92 Å². The van der Waals surface area contributed by atoms with Gasteiger partial charge in [0.1, 0.15) is 5.92 Å².